The van der Waals surface area contributed by atoms with E-state index in [1.807, 2.05) is 52.9 Å². The van der Waals surface area contributed by atoms with Crippen LogP contribution in [0.25, 0.3) is 0 Å². The summed E-state index contributed by atoms with van der Waals surface area (Å²) in [7, 11) is -1.51. The van der Waals surface area contributed by atoms with Gasteiger partial charge in [0.15, 0.2) is 0 Å². The highest BCUT2D eigenvalue weighted by atomic mass is 32.2. The third-order valence-corrected chi connectivity index (χ3v) is 5.51. The Hall–Kier alpha value is -1.59. The molecule has 1 aromatic carbocycles. The maximum absolute atomic E-state index is 12.5. The zero-order valence-electron chi connectivity index (χ0n) is 13.2. The Morgan fingerprint density at radius 3 is 2.33 bits per heavy atom. The summed E-state index contributed by atoms with van der Waals surface area (Å²) in [6, 6.07) is 7.47. The Morgan fingerprint density at radius 1 is 1.10 bits per heavy atom. The van der Waals surface area contributed by atoms with E-state index in [0.29, 0.717) is 11.4 Å². The fraction of sp³-hybridized carbons (Fsp3) is 0.375. The minimum absolute atomic E-state index is 0.309. The summed E-state index contributed by atoms with van der Waals surface area (Å²) in [5.74, 6) is 0. The van der Waals surface area contributed by atoms with E-state index in [1.54, 1.807) is 6.07 Å². The molecule has 2 aromatic rings. The minimum atomic E-state index is -3.49. The lowest BCUT2D eigenvalue weighted by Gasteiger charge is -2.10. The van der Waals surface area contributed by atoms with Crippen LogP contribution in [0.1, 0.15) is 28.1 Å². The largest absolute Gasteiger partial charge is 0.352 e. The molecule has 1 heterocycles. The van der Waals surface area contributed by atoms with E-state index < -0.39 is 10.0 Å². The SMILES string of the molecule is Cc1ccc(C)c(S(=O)(=O)NCc2cc(C)n(C)c2C)c1. The zero-order valence-corrected chi connectivity index (χ0v) is 14.0. The Balaban J connectivity index is 2.26. The molecule has 0 bridgehead atoms. The summed E-state index contributed by atoms with van der Waals surface area (Å²) in [6.07, 6.45) is 0. The van der Waals surface area contributed by atoms with Crippen molar-refractivity contribution in [3.8, 4) is 0 Å². The van der Waals surface area contributed by atoms with Gasteiger partial charge in [0.05, 0.1) is 4.90 Å². The zero-order chi connectivity index (χ0) is 15.8. The molecule has 21 heavy (non-hydrogen) atoms. The molecule has 0 fully saturated rings. The molecule has 5 heteroatoms. The molecule has 0 aliphatic carbocycles. The molecule has 4 nitrogen and oxygen atoms in total. The van der Waals surface area contributed by atoms with Crippen LogP contribution in [0, 0.1) is 27.7 Å². The number of hydrogen-bond donors (Lipinski definition) is 1. The lowest BCUT2D eigenvalue weighted by atomic mass is 10.2. The molecule has 0 unspecified atom stereocenters. The second kappa shape index (κ2) is 5.66. The Morgan fingerprint density at radius 2 is 1.76 bits per heavy atom. The topological polar surface area (TPSA) is 51.1 Å². The fourth-order valence-corrected chi connectivity index (χ4v) is 3.69. The molecule has 2 rings (SSSR count). The van der Waals surface area contributed by atoms with Gasteiger partial charge in [0.2, 0.25) is 10.0 Å². The second-order valence-corrected chi connectivity index (χ2v) is 7.28. The normalized spacial score (nSPS) is 11.9. The number of sulfonamides is 1. The number of aromatic nitrogens is 1. The monoisotopic (exact) mass is 306 g/mol. The predicted octanol–water partition coefficient (Wildman–Crippen LogP) is 2.74. The van der Waals surface area contributed by atoms with Gasteiger partial charge in [-0.1, -0.05) is 12.1 Å². The maximum Gasteiger partial charge on any atom is 0.241 e. The Bertz CT molecular complexity index is 774. The molecule has 0 saturated carbocycles. The summed E-state index contributed by atoms with van der Waals surface area (Å²) in [5, 5.41) is 0. The highest BCUT2D eigenvalue weighted by molar-refractivity contribution is 7.89. The van der Waals surface area contributed by atoms with Crippen LogP contribution < -0.4 is 4.72 Å². The molecule has 0 amide bonds. The first-order valence-corrected chi connectivity index (χ1v) is 8.39. The van der Waals surface area contributed by atoms with Crippen LogP contribution in [0.15, 0.2) is 29.2 Å². The predicted molar refractivity (Wildman–Crippen MR) is 84.8 cm³/mol. The molecule has 1 N–H and O–H groups in total. The van der Waals surface area contributed by atoms with E-state index in [0.717, 1.165) is 28.1 Å². The summed E-state index contributed by atoms with van der Waals surface area (Å²) in [4.78, 5) is 0.354. The van der Waals surface area contributed by atoms with Crippen molar-refractivity contribution in [1.29, 1.82) is 0 Å². The van der Waals surface area contributed by atoms with Crippen molar-refractivity contribution in [3.63, 3.8) is 0 Å². The van der Waals surface area contributed by atoms with Crippen molar-refractivity contribution >= 4 is 10.0 Å². The Labute approximate surface area is 126 Å². The highest BCUT2D eigenvalue weighted by Gasteiger charge is 2.17. The van der Waals surface area contributed by atoms with E-state index in [-0.39, 0.29) is 0 Å². The number of rotatable bonds is 4. The van der Waals surface area contributed by atoms with E-state index in [2.05, 4.69) is 9.29 Å². The molecule has 114 valence electrons. The van der Waals surface area contributed by atoms with E-state index in [9.17, 15) is 8.42 Å². The van der Waals surface area contributed by atoms with E-state index in [1.165, 1.54) is 0 Å². The van der Waals surface area contributed by atoms with Crippen LogP contribution in [-0.4, -0.2) is 13.0 Å². The van der Waals surface area contributed by atoms with Crippen LogP contribution in [0.5, 0.6) is 0 Å². The average molecular weight is 306 g/mol. The van der Waals surface area contributed by atoms with Gasteiger partial charge < -0.3 is 4.57 Å². The summed E-state index contributed by atoms with van der Waals surface area (Å²) in [5.41, 5.74) is 4.90. The summed E-state index contributed by atoms with van der Waals surface area (Å²) < 4.78 is 29.7. The molecule has 0 radical (unpaired) electrons. The summed E-state index contributed by atoms with van der Waals surface area (Å²) >= 11 is 0. The third kappa shape index (κ3) is 3.19. The van der Waals surface area contributed by atoms with Crippen LogP contribution in [-0.2, 0) is 23.6 Å². The van der Waals surface area contributed by atoms with E-state index >= 15 is 0 Å². The van der Waals surface area contributed by atoms with Gasteiger partial charge in [-0.15, -0.1) is 0 Å². The van der Waals surface area contributed by atoms with Crippen LogP contribution in [0.3, 0.4) is 0 Å². The molecule has 0 atom stereocenters. The van der Waals surface area contributed by atoms with Gasteiger partial charge in [-0.2, -0.15) is 0 Å². The molecule has 0 spiro atoms. The average Bonchev–Trinajstić information content (AvgIpc) is 2.66. The molecule has 0 saturated heterocycles. The van der Waals surface area contributed by atoms with Crippen LogP contribution >= 0.6 is 0 Å². The Kier molecular flexibility index (Phi) is 4.25. The fourth-order valence-electron chi connectivity index (χ4n) is 2.36. The smallest absolute Gasteiger partial charge is 0.241 e. The first-order valence-electron chi connectivity index (χ1n) is 6.91. The van der Waals surface area contributed by atoms with Crippen molar-refractivity contribution in [3.05, 3.63) is 52.3 Å². The first-order chi connectivity index (χ1) is 9.72. The molecule has 0 aliphatic rings. The maximum atomic E-state index is 12.5. The number of hydrogen-bond acceptors (Lipinski definition) is 2. The lowest BCUT2D eigenvalue weighted by Crippen LogP contribution is -2.24. The molecular formula is C16H22N2O2S. The van der Waals surface area contributed by atoms with Crippen molar-refractivity contribution in [2.45, 2.75) is 39.1 Å². The van der Waals surface area contributed by atoms with Gasteiger partial charge >= 0.3 is 0 Å². The van der Waals surface area contributed by atoms with Gasteiger partial charge in [-0.05, 0) is 56.5 Å². The van der Waals surface area contributed by atoms with Crippen LogP contribution in [0.2, 0.25) is 0 Å². The number of aryl methyl sites for hydroxylation is 3. The lowest BCUT2D eigenvalue weighted by molar-refractivity contribution is 0.580. The van der Waals surface area contributed by atoms with Gasteiger partial charge in [-0.25, -0.2) is 13.1 Å². The number of benzene rings is 1. The number of nitrogens with one attached hydrogen (secondary N) is 1. The van der Waals surface area contributed by atoms with Gasteiger partial charge in [-0.3, -0.25) is 0 Å². The van der Waals surface area contributed by atoms with E-state index in [4.69, 9.17) is 0 Å². The quantitative estimate of drug-likeness (QED) is 0.944. The van der Waals surface area contributed by atoms with Crippen molar-refractivity contribution < 1.29 is 8.42 Å². The van der Waals surface area contributed by atoms with Gasteiger partial charge in [0.25, 0.3) is 0 Å². The third-order valence-electron chi connectivity index (χ3n) is 3.97. The minimum Gasteiger partial charge on any atom is -0.352 e. The first kappa shape index (κ1) is 15.8. The van der Waals surface area contributed by atoms with Crippen molar-refractivity contribution in [2.75, 3.05) is 0 Å². The summed E-state index contributed by atoms with van der Waals surface area (Å²) in [6.45, 7) is 8.02. The van der Waals surface area contributed by atoms with Gasteiger partial charge in [0.1, 0.15) is 0 Å². The molecule has 1 aromatic heterocycles. The molecular weight excluding hydrogens is 284 g/mol. The number of nitrogens with zero attached hydrogens (tertiary/aromatic N) is 1. The highest BCUT2D eigenvalue weighted by Crippen LogP contribution is 2.18. The molecule has 0 aliphatic heterocycles. The van der Waals surface area contributed by atoms with Crippen molar-refractivity contribution in [2.24, 2.45) is 7.05 Å². The standard InChI is InChI=1S/C16H22N2O2S/c1-11-6-7-12(2)16(8-11)21(19,20)17-10-15-9-13(3)18(5)14(15)4/h6-9,17H,10H2,1-5H3. The van der Waals surface area contributed by atoms with Crippen molar-refractivity contribution in [1.82, 2.24) is 9.29 Å². The van der Waals surface area contributed by atoms with Crippen LogP contribution in [0.4, 0.5) is 0 Å². The second-order valence-electron chi connectivity index (χ2n) is 5.55. The van der Waals surface area contributed by atoms with Gasteiger partial charge in [0, 0.05) is 25.0 Å².